The summed E-state index contributed by atoms with van der Waals surface area (Å²) in [5.41, 5.74) is 0.657. The van der Waals surface area contributed by atoms with Gasteiger partial charge in [0.05, 0.1) is 35.6 Å². The van der Waals surface area contributed by atoms with Crippen LogP contribution in [0.5, 0.6) is 17.2 Å². The second kappa shape index (κ2) is 10.0. The summed E-state index contributed by atoms with van der Waals surface area (Å²) >= 11 is 0. The number of hydrogen-bond acceptors (Lipinski definition) is 9. The monoisotopic (exact) mass is 428 g/mol. The van der Waals surface area contributed by atoms with Crippen molar-refractivity contribution in [3.63, 3.8) is 0 Å². The molecule has 3 rings (SSSR count). The molecule has 0 aliphatic rings. The van der Waals surface area contributed by atoms with Crippen molar-refractivity contribution in [3.8, 4) is 22.9 Å². The van der Waals surface area contributed by atoms with Gasteiger partial charge in [0, 0.05) is 12.1 Å². The lowest BCUT2D eigenvalue weighted by atomic mass is 10.2. The van der Waals surface area contributed by atoms with E-state index in [1.54, 1.807) is 38.1 Å². The van der Waals surface area contributed by atoms with Crippen LogP contribution in [0.25, 0.3) is 5.69 Å². The van der Waals surface area contributed by atoms with Crippen molar-refractivity contribution in [1.29, 1.82) is 0 Å². The Hall–Kier alpha value is -4.22. The molecule has 0 saturated heterocycles. The summed E-state index contributed by atoms with van der Waals surface area (Å²) in [4.78, 5) is 23.2. The predicted molar refractivity (Wildman–Crippen MR) is 109 cm³/mol. The van der Waals surface area contributed by atoms with Gasteiger partial charge >= 0.3 is 5.69 Å². The average molecular weight is 428 g/mol. The van der Waals surface area contributed by atoms with Gasteiger partial charge in [0.15, 0.2) is 12.4 Å². The minimum atomic E-state index is -0.570. The van der Waals surface area contributed by atoms with E-state index >= 15 is 0 Å². The number of carbonyl (C=O) groups is 1. The normalized spacial score (nSPS) is 10.4. The van der Waals surface area contributed by atoms with Crippen LogP contribution < -0.4 is 19.5 Å². The number of carbonyl (C=O) groups excluding carboxylic acids is 1. The molecule has 0 fully saturated rings. The number of ether oxygens (including phenoxy) is 3. The van der Waals surface area contributed by atoms with Gasteiger partial charge in [-0.3, -0.25) is 14.9 Å². The molecular formula is C19H20N6O6. The Labute approximate surface area is 176 Å². The minimum absolute atomic E-state index is 0.0290. The van der Waals surface area contributed by atoms with Crippen LogP contribution in [-0.2, 0) is 4.79 Å². The van der Waals surface area contributed by atoms with E-state index in [0.29, 0.717) is 11.4 Å². The number of hydrogen-bond donors (Lipinski definition) is 1. The number of amides is 1. The van der Waals surface area contributed by atoms with Crippen LogP contribution in [0.3, 0.4) is 0 Å². The highest BCUT2D eigenvalue weighted by atomic mass is 16.6. The maximum atomic E-state index is 12.4. The molecule has 0 atom stereocenters. The van der Waals surface area contributed by atoms with E-state index in [1.807, 2.05) is 0 Å². The fourth-order valence-electron chi connectivity index (χ4n) is 2.67. The Kier molecular flexibility index (Phi) is 6.93. The van der Waals surface area contributed by atoms with Crippen LogP contribution in [0.1, 0.15) is 13.8 Å². The lowest BCUT2D eigenvalue weighted by Crippen LogP contribution is -2.21. The molecule has 0 aliphatic heterocycles. The standard InChI is InChI=1S/C19H20N6O6/c1-3-29-17-10-16(25(27)28)18(30-4-2)9-15(17)21-19(26)11-31-14-7-5-6-13(8-14)24-12-20-22-23-24/h5-10,12H,3-4,11H2,1-2H3,(H,21,26). The Balaban J connectivity index is 1.73. The Morgan fingerprint density at radius 3 is 2.58 bits per heavy atom. The summed E-state index contributed by atoms with van der Waals surface area (Å²) < 4.78 is 17.8. The van der Waals surface area contributed by atoms with E-state index in [4.69, 9.17) is 14.2 Å². The maximum absolute atomic E-state index is 12.4. The van der Waals surface area contributed by atoms with Gasteiger partial charge in [-0.25, -0.2) is 4.68 Å². The van der Waals surface area contributed by atoms with Crippen molar-refractivity contribution in [2.24, 2.45) is 0 Å². The van der Waals surface area contributed by atoms with Crippen molar-refractivity contribution in [2.75, 3.05) is 25.1 Å². The summed E-state index contributed by atoms with van der Waals surface area (Å²) in [6.45, 7) is 3.62. The van der Waals surface area contributed by atoms with E-state index < -0.39 is 10.8 Å². The molecule has 0 bridgehead atoms. The molecule has 12 heteroatoms. The third kappa shape index (κ3) is 5.44. The van der Waals surface area contributed by atoms with Gasteiger partial charge in [-0.15, -0.1) is 5.10 Å². The SMILES string of the molecule is CCOc1cc([N+](=O)[O-])c(OCC)cc1NC(=O)COc1cccc(-n2cnnn2)c1. The van der Waals surface area contributed by atoms with Crippen molar-refractivity contribution >= 4 is 17.3 Å². The summed E-state index contributed by atoms with van der Waals surface area (Å²) in [5, 5.41) is 24.9. The van der Waals surface area contributed by atoms with Crippen molar-refractivity contribution in [1.82, 2.24) is 20.2 Å². The molecule has 1 amide bonds. The fraction of sp³-hybridized carbons (Fsp3) is 0.263. The second-order valence-electron chi connectivity index (χ2n) is 6.03. The molecule has 0 saturated carbocycles. The summed E-state index contributed by atoms with van der Waals surface area (Å²) in [7, 11) is 0. The number of nitrogens with one attached hydrogen (secondary N) is 1. The van der Waals surface area contributed by atoms with E-state index in [-0.39, 0.29) is 42.7 Å². The first-order chi connectivity index (χ1) is 15.0. The Bertz CT molecular complexity index is 1060. The Morgan fingerprint density at radius 2 is 1.90 bits per heavy atom. The number of nitrogens with zero attached hydrogens (tertiary/aromatic N) is 5. The van der Waals surface area contributed by atoms with Crippen molar-refractivity contribution < 1.29 is 23.9 Å². The molecule has 12 nitrogen and oxygen atoms in total. The molecule has 0 spiro atoms. The van der Waals surface area contributed by atoms with Crippen LogP contribution in [0.15, 0.2) is 42.7 Å². The number of nitro groups is 1. The topological polar surface area (TPSA) is 144 Å². The molecule has 0 aliphatic carbocycles. The minimum Gasteiger partial charge on any atom is -0.491 e. The van der Waals surface area contributed by atoms with Crippen LogP contribution >= 0.6 is 0 Å². The highest BCUT2D eigenvalue weighted by Gasteiger charge is 2.21. The smallest absolute Gasteiger partial charge is 0.314 e. The number of tetrazole rings is 1. The zero-order chi connectivity index (χ0) is 22.2. The van der Waals surface area contributed by atoms with E-state index in [1.165, 1.54) is 23.1 Å². The van der Waals surface area contributed by atoms with Crippen LogP contribution in [-0.4, -0.2) is 50.9 Å². The first-order valence-electron chi connectivity index (χ1n) is 9.36. The average Bonchev–Trinajstić information content (AvgIpc) is 3.29. The quantitative estimate of drug-likeness (QED) is 0.380. The molecule has 3 aromatic rings. The zero-order valence-corrected chi connectivity index (χ0v) is 16.8. The van der Waals surface area contributed by atoms with Crippen LogP contribution in [0.2, 0.25) is 0 Å². The maximum Gasteiger partial charge on any atom is 0.314 e. The van der Waals surface area contributed by atoms with E-state index in [0.717, 1.165) is 0 Å². The number of benzene rings is 2. The van der Waals surface area contributed by atoms with Gasteiger partial charge in [-0.2, -0.15) is 0 Å². The fourth-order valence-corrected chi connectivity index (χ4v) is 2.67. The zero-order valence-electron chi connectivity index (χ0n) is 16.8. The highest BCUT2D eigenvalue weighted by Crippen LogP contribution is 2.38. The summed E-state index contributed by atoms with van der Waals surface area (Å²) in [6, 6.07) is 9.47. The molecule has 2 aromatic carbocycles. The van der Waals surface area contributed by atoms with Crippen LogP contribution in [0, 0.1) is 10.1 Å². The third-order valence-electron chi connectivity index (χ3n) is 3.93. The molecular weight excluding hydrogens is 408 g/mol. The number of anilines is 1. The summed E-state index contributed by atoms with van der Waals surface area (Å²) in [5.74, 6) is 0.143. The highest BCUT2D eigenvalue weighted by molar-refractivity contribution is 5.94. The molecule has 31 heavy (non-hydrogen) atoms. The number of rotatable bonds is 10. The first kappa shape index (κ1) is 21.5. The Morgan fingerprint density at radius 1 is 1.13 bits per heavy atom. The van der Waals surface area contributed by atoms with Gasteiger partial charge in [0.2, 0.25) is 0 Å². The van der Waals surface area contributed by atoms with Crippen molar-refractivity contribution in [3.05, 3.63) is 52.8 Å². The van der Waals surface area contributed by atoms with E-state index in [9.17, 15) is 14.9 Å². The first-order valence-corrected chi connectivity index (χ1v) is 9.36. The lowest BCUT2D eigenvalue weighted by Gasteiger charge is -2.14. The molecule has 162 valence electrons. The second-order valence-corrected chi connectivity index (χ2v) is 6.03. The molecule has 0 unspecified atom stereocenters. The molecule has 1 heterocycles. The third-order valence-corrected chi connectivity index (χ3v) is 3.93. The van der Waals surface area contributed by atoms with Gasteiger partial charge in [0.1, 0.15) is 17.8 Å². The molecule has 1 aromatic heterocycles. The molecule has 1 N–H and O–H groups in total. The van der Waals surface area contributed by atoms with Gasteiger partial charge in [0.25, 0.3) is 5.91 Å². The van der Waals surface area contributed by atoms with Crippen molar-refractivity contribution in [2.45, 2.75) is 13.8 Å². The largest absolute Gasteiger partial charge is 0.491 e. The lowest BCUT2D eigenvalue weighted by molar-refractivity contribution is -0.385. The number of aromatic nitrogens is 4. The summed E-state index contributed by atoms with van der Waals surface area (Å²) in [6.07, 6.45) is 1.44. The number of nitro benzene ring substituents is 1. The van der Waals surface area contributed by atoms with Gasteiger partial charge < -0.3 is 19.5 Å². The van der Waals surface area contributed by atoms with Gasteiger partial charge in [-0.1, -0.05) is 6.07 Å². The van der Waals surface area contributed by atoms with Gasteiger partial charge in [-0.05, 0) is 36.4 Å². The predicted octanol–water partition coefficient (Wildman–Crippen LogP) is 2.39. The molecule has 0 radical (unpaired) electrons. The van der Waals surface area contributed by atoms with E-state index in [2.05, 4.69) is 20.8 Å². The van der Waals surface area contributed by atoms with Crippen LogP contribution in [0.4, 0.5) is 11.4 Å².